The van der Waals surface area contributed by atoms with Gasteiger partial charge in [0.2, 0.25) is 0 Å². The molecule has 0 radical (unpaired) electrons. The number of aromatic nitrogens is 1. The molecule has 1 N–H and O–H groups in total. The van der Waals surface area contributed by atoms with E-state index in [4.69, 9.17) is 9.72 Å². The summed E-state index contributed by atoms with van der Waals surface area (Å²) in [5, 5.41) is 3.86. The Morgan fingerprint density at radius 1 is 1.03 bits per heavy atom. The number of esters is 1. The second-order valence-corrected chi connectivity index (χ2v) is 9.40. The lowest BCUT2D eigenvalue weighted by atomic mass is 9.99. The number of Topliss-reactive ketones (excluding diaryl/α,β-unsaturated/α-hetero) is 1. The maximum absolute atomic E-state index is 13.6. The van der Waals surface area contributed by atoms with Gasteiger partial charge in [-0.05, 0) is 57.9 Å². The molecule has 0 saturated carbocycles. The van der Waals surface area contributed by atoms with Crippen molar-refractivity contribution < 1.29 is 19.1 Å². The van der Waals surface area contributed by atoms with Crippen molar-refractivity contribution in [2.75, 3.05) is 11.9 Å². The zero-order chi connectivity index (χ0) is 25.3. The Balaban J connectivity index is 1.83. The Morgan fingerprint density at radius 2 is 1.77 bits per heavy atom. The number of amides is 1. The van der Waals surface area contributed by atoms with Gasteiger partial charge < -0.3 is 10.1 Å². The minimum Gasteiger partial charge on any atom is -0.462 e. The lowest BCUT2D eigenvalue weighted by Gasteiger charge is -2.12. The van der Waals surface area contributed by atoms with Gasteiger partial charge >= 0.3 is 5.97 Å². The molecule has 6 nitrogen and oxygen atoms in total. The molecule has 0 aliphatic carbocycles. The van der Waals surface area contributed by atoms with E-state index < -0.39 is 11.9 Å². The van der Waals surface area contributed by atoms with Crippen LogP contribution in [0.3, 0.4) is 0 Å². The number of ketones is 1. The van der Waals surface area contributed by atoms with Gasteiger partial charge in [0.05, 0.1) is 33.8 Å². The fraction of sp³-hybridized carbons (Fsp3) is 0.214. The third-order valence-electron chi connectivity index (χ3n) is 5.79. The number of nitrogens with zero attached hydrogens (tertiary/aromatic N) is 1. The second kappa shape index (κ2) is 9.80. The number of hydrogen-bond donors (Lipinski definition) is 1. The first-order chi connectivity index (χ1) is 16.7. The summed E-state index contributed by atoms with van der Waals surface area (Å²) in [4.78, 5) is 43.6. The van der Waals surface area contributed by atoms with Gasteiger partial charge in [0.1, 0.15) is 5.00 Å². The van der Waals surface area contributed by atoms with E-state index in [2.05, 4.69) is 11.4 Å². The largest absolute Gasteiger partial charge is 0.462 e. The standard InChI is InChI=1S/C28H26N2O4S/c1-6-34-28(33)24-17(4)25(18(5)31)35-27(24)30-26(32)21-14-23(19-12-11-15(2)13-16(19)3)29-22-10-8-7-9-20(21)22/h7-14H,6H2,1-5H3,(H,30,32). The maximum atomic E-state index is 13.6. The third kappa shape index (κ3) is 4.72. The monoisotopic (exact) mass is 486 g/mol. The van der Waals surface area contributed by atoms with E-state index in [0.29, 0.717) is 37.6 Å². The highest BCUT2D eigenvalue weighted by Gasteiger charge is 2.26. The van der Waals surface area contributed by atoms with Crippen molar-refractivity contribution in [3.63, 3.8) is 0 Å². The number of pyridine rings is 1. The van der Waals surface area contributed by atoms with Crippen molar-refractivity contribution in [3.8, 4) is 11.3 Å². The number of thiophene rings is 1. The van der Waals surface area contributed by atoms with E-state index >= 15 is 0 Å². The van der Waals surface area contributed by atoms with Crippen molar-refractivity contribution in [2.45, 2.75) is 34.6 Å². The molecular formula is C28H26N2O4S. The Labute approximate surface area is 208 Å². The molecule has 7 heteroatoms. The molecule has 0 saturated heterocycles. The minimum absolute atomic E-state index is 0.176. The number of nitrogens with one attached hydrogen (secondary N) is 1. The first-order valence-corrected chi connectivity index (χ1v) is 12.1. The van der Waals surface area contributed by atoms with E-state index in [-0.39, 0.29) is 18.0 Å². The van der Waals surface area contributed by atoms with Gasteiger partial charge in [-0.25, -0.2) is 9.78 Å². The lowest BCUT2D eigenvalue weighted by molar-refractivity contribution is 0.0527. The maximum Gasteiger partial charge on any atom is 0.341 e. The van der Waals surface area contributed by atoms with E-state index in [9.17, 15) is 14.4 Å². The molecule has 35 heavy (non-hydrogen) atoms. The first kappa shape index (κ1) is 24.3. The number of benzene rings is 2. The molecule has 0 aliphatic rings. The van der Waals surface area contributed by atoms with Crippen molar-refractivity contribution in [3.05, 3.63) is 81.2 Å². The Hall–Kier alpha value is -3.84. The van der Waals surface area contributed by atoms with Crippen LogP contribution in [0.5, 0.6) is 0 Å². The summed E-state index contributed by atoms with van der Waals surface area (Å²) < 4.78 is 5.19. The summed E-state index contributed by atoms with van der Waals surface area (Å²) in [5.41, 5.74) is 5.66. The van der Waals surface area contributed by atoms with E-state index in [1.165, 1.54) is 6.92 Å². The zero-order valence-corrected chi connectivity index (χ0v) is 21.1. The van der Waals surface area contributed by atoms with Gasteiger partial charge in [-0.3, -0.25) is 9.59 Å². The summed E-state index contributed by atoms with van der Waals surface area (Å²) in [7, 11) is 0. The van der Waals surface area contributed by atoms with Crippen LogP contribution in [-0.4, -0.2) is 29.3 Å². The molecule has 0 fully saturated rings. The summed E-state index contributed by atoms with van der Waals surface area (Å²) in [5.74, 6) is -1.14. The summed E-state index contributed by atoms with van der Waals surface area (Å²) in [6.07, 6.45) is 0. The number of fused-ring (bicyclic) bond motifs is 1. The highest BCUT2D eigenvalue weighted by atomic mass is 32.1. The molecule has 1 amide bonds. The van der Waals surface area contributed by atoms with Gasteiger partial charge in [-0.15, -0.1) is 11.3 Å². The van der Waals surface area contributed by atoms with Crippen molar-refractivity contribution in [2.24, 2.45) is 0 Å². The molecule has 4 aromatic rings. The molecule has 2 aromatic carbocycles. The molecule has 2 aromatic heterocycles. The fourth-order valence-corrected chi connectivity index (χ4v) is 5.24. The molecule has 4 rings (SSSR count). The summed E-state index contributed by atoms with van der Waals surface area (Å²) in [6.45, 7) is 9.07. The van der Waals surface area contributed by atoms with Gasteiger partial charge in [-0.1, -0.05) is 42.0 Å². The van der Waals surface area contributed by atoms with Crippen molar-refractivity contribution in [1.29, 1.82) is 0 Å². The predicted octanol–water partition coefficient (Wildman–Crippen LogP) is 6.52. The number of aryl methyl sites for hydroxylation is 2. The highest BCUT2D eigenvalue weighted by molar-refractivity contribution is 7.18. The Kier molecular flexibility index (Phi) is 6.80. The van der Waals surface area contributed by atoms with E-state index in [0.717, 1.165) is 28.0 Å². The molecule has 2 heterocycles. The van der Waals surface area contributed by atoms with Gasteiger partial charge in [0.25, 0.3) is 5.91 Å². The topological polar surface area (TPSA) is 85.4 Å². The van der Waals surface area contributed by atoms with Crippen LogP contribution in [0.4, 0.5) is 5.00 Å². The smallest absolute Gasteiger partial charge is 0.341 e. The molecule has 0 unspecified atom stereocenters. The summed E-state index contributed by atoms with van der Waals surface area (Å²) in [6, 6.07) is 15.3. The van der Waals surface area contributed by atoms with Gasteiger partial charge in [0.15, 0.2) is 5.78 Å². The van der Waals surface area contributed by atoms with Crippen molar-refractivity contribution >= 4 is 44.9 Å². The van der Waals surface area contributed by atoms with Crippen LogP contribution in [0.25, 0.3) is 22.2 Å². The number of carbonyl (C=O) groups excluding carboxylic acids is 3. The average molecular weight is 487 g/mol. The van der Waals surface area contributed by atoms with Crippen LogP contribution in [0, 0.1) is 20.8 Å². The number of anilines is 1. The van der Waals surface area contributed by atoms with E-state index in [1.54, 1.807) is 19.9 Å². The Morgan fingerprint density at radius 3 is 2.46 bits per heavy atom. The highest BCUT2D eigenvalue weighted by Crippen LogP contribution is 2.35. The van der Waals surface area contributed by atoms with Crippen LogP contribution < -0.4 is 5.32 Å². The fourth-order valence-electron chi connectivity index (χ4n) is 4.16. The first-order valence-electron chi connectivity index (χ1n) is 11.3. The van der Waals surface area contributed by atoms with Gasteiger partial charge in [-0.2, -0.15) is 0 Å². The zero-order valence-electron chi connectivity index (χ0n) is 20.3. The van der Waals surface area contributed by atoms with Crippen LogP contribution in [0.15, 0.2) is 48.5 Å². The van der Waals surface area contributed by atoms with Crippen molar-refractivity contribution in [1.82, 2.24) is 4.98 Å². The normalized spacial score (nSPS) is 10.9. The molecule has 0 aliphatic heterocycles. The number of rotatable bonds is 6. The summed E-state index contributed by atoms with van der Waals surface area (Å²) >= 11 is 1.08. The molecule has 0 spiro atoms. The number of para-hydroxylation sites is 1. The quantitative estimate of drug-likeness (QED) is 0.248. The third-order valence-corrected chi connectivity index (χ3v) is 7.10. The predicted molar refractivity (Wildman–Crippen MR) is 140 cm³/mol. The lowest BCUT2D eigenvalue weighted by Crippen LogP contribution is -2.15. The average Bonchev–Trinajstić information content (AvgIpc) is 3.14. The minimum atomic E-state index is -0.570. The molecule has 178 valence electrons. The number of ether oxygens (including phenoxy) is 1. The SMILES string of the molecule is CCOC(=O)c1c(NC(=O)c2cc(-c3ccc(C)cc3C)nc3ccccc23)sc(C(C)=O)c1C. The van der Waals surface area contributed by atoms with E-state index in [1.807, 2.05) is 50.2 Å². The van der Waals surface area contributed by atoms with Crippen LogP contribution in [0.2, 0.25) is 0 Å². The van der Waals surface area contributed by atoms with Gasteiger partial charge in [0, 0.05) is 10.9 Å². The Bertz CT molecular complexity index is 1490. The van der Waals surface area contributed by atoms with Crippen LogP contribution in [-0.2, 0) is 4.74 Å². The number of hydrogen-bond acceptors (Lipinski definition) is 6. The molecule has 0 atom stereocenters. The second-order valence-electron chi connectivity index (χ2n) is 8.38. The molecular weight excluding hydrogens is 460 g/mol. The molecule has 0 bridgehead atoms. The number of carbonyl (C=O) groups is 3. The van der Waals surface area contributed by atoms with Crippen LogP contribution in [0.1, 0.15) is 60.9 Å². The van der Waals surface area contributed by atoms with Crippen LogP contribution >= 0.6 is 11.3 Å².